The third-order valence-electron chi connectivity index (χ3n) is 2.29. The van der Waals surface area contributed by atoms with Gasteiger partial charge in [-0.3, -0.25) is 9.89 Å². The molecule has 4 nitrogen and oxygen atoms in total. The number of halogens is 1. The SMILES string of the molecule is CCc1cn[nH]c1NC(=O)C(C)(C)CCl. The maximum atomic E-state index is 11.8. The van der Waals surface area contributed by atoms with Crippen molar-refractivity contribution < 1.29 is 4.79 Å². The number of H-pyrrole nitrogens is 1. The van der Waals surface area contributed by atoms with Crippen LogP contribution in [0.1, 0.15) is 26.3 Å². The zero-order valence-corrected chi connectivity index (χ0v) is 9.98. The Morgan fingerprint density at radius 1 is 1.67 bits per heavy atom. The molecule has 5 heteroatoms. The minimum Gasteiger partial charge on any atom is -0.310 e. The molecule has 0 saturated heterocycles. The molecule has 0 unspecified atom stereocenters. The fourth-order valence-corrected chi connectivity index (χ4v) is 1.15. The number of aromatic amines is 1. The number of carbonyl (C=O) groups excluding carboxylic acids is 1. The summed E-state index contributed by atoms with van der Waals surface area (Å²) >= 11 is 5.72. The number of hydrogen-bond acceptors (Lipinski definition) is 2. The van der Waals surface area contributed by atoms with E-state index in [4.69, 9.17) is 11.6 Å². The first kappa shape index (κ1) is 12.0. The first-order chi connectivity index (χ1) is 7.01. The summed E-state index contributed by atoms with van der Waals surface area (Å²) in [6.45, 7) is 5.61. The van der Waals surface area contributed by atoms with Crippen LogP contribution in [-0.2, 0) is 11.2 Å². The Kier molecular flexibility index (Phi) is 3.74. The number of carbonyl (C=O) groups is 1. The summed E-state index contributed by atoms with van der Waals surface area (Å²) in [6, 6.07) is 0. The van der Waals surface area contributed by atoms with Gasteiger partial charge < -0.3 is 5.32 Å². The van der Waals surface area contributed by atoms with Crippen LogP contribution in [0.3, 0.4) is 0 Å². The lowest BCUT2D eigenvalue weighted by molar-refractivity contribution is -0.123. The van der Waals surface area contributed by atoms with E-state index in [1.165, 1.54) is 0 Å². The van der Waals surface area contributed by atoms with Crippen molar-refractivity contribution in [1.82, 2.24) is 10.2 Å². The van der Waals surface area contributed by atoms with Gasteiger partial charge in [0.1, 0.15) is 5.82 Å². The second kappa shape index (κ2) is 4.66. The van der Waals surface area contributed by atoms with Crippen LogP contribution in [0.5, 0.6) is 0 Å². The summed E-state index contributed by atoms with van der Waals surface area (Å²) in [5.41, 5.74) is 0.422. The zero-order valence-electron chi connectivity index (χ0n) is 9.22. The molecular weight excluding hydrogens is 214 g/mol. The number of anilines is 1. The minimum absolute atomic E-state index is 0.101. The van der Waals surface area contributed by atoms with Gasteiger partial charge in [0.25, 0.3) is 0 Å². The van der Waals surface area contributed by atoms with Gasteiger partial charge >= 0.3 is 0 Å². The second-order valence-electron chi connectivity index (χ2n) is 4.10. The van der Waals surface area contributed by atoms with Gasteiger partial charge in [-0.05, 0) is 20.3 Å². The number of aryl methyl sites for hydroxylation is 1. The highest BCUT2D eigenvalue weighted by Gasteiger charge is 2.27. The fourth-order valence-electron chi connectivity index (χ4n) is 1.03. The number of amides is 1. The van der Waals surface area contributed by atoms with Crippen molar-refractivity contribution in [3.8, 4) is 0 Å². The Morgan fingerprint density at radius 2 is 2.33 bits per heavy atom. The van der Waals surface area contributed by atoms with Gasteiger partial charge in [-0.1, -0.05) is 6.92 Å². The molecule has 1 heterocycles. The van der Waals surface area contributed by atoms with Crippen LogP contribution >= 0.6 is 11.6 Å². The van der Waals surface area contributed by atoms with E-state index in [1.54, 1.807) is 20.0 Å². The van der Waals surface area contributed by atoms with Crippen LogP contribution in [0, 0.1) is 5.41 Å². The number of alkyl halides is 1. The van der Waals surface area contributed by atoms with Gasteiger partial charge in [-0.15, -0.1) is 11.6 Å². The molecule has 1 aromatic heterocycles. The number of nitrogens with zero attached hydrogens (tertiary/aromatic N) is 1. The highest BCUT2D eigenvalue weighted by atomic mass is 35.5. The summed E-state index contributed by atoms with van der Waals surface area (Å²) in [5, 5.41) is 9.43. The molecule has 0 aliphatic rings. The Hall–Kier alpha value is -1.03. The molecule has 1 aromatic rings. The van der Waals surface area contributed by atoms with Crippen LogP contribution in [0.2, 0.25) is 0 Å². The van der Waals surface area contributed by atoms with E-state index in [1.807, 2.05) is 6.92 Å². The van der Waals surface area contributed by atoms with E-state index in [0.29, 0.717) is 5.82 Å². The lowest BCUT2D eigenvalue weighted by Gasteiger charge is -2.19. The molecular formula is C10H16ClN3O. The van der Waals surface area contributed by atoms with E-state index in [-0.39, 0.29) is 11.8 Å². The average Bonchev–Trinajstić information content (AvgIpc) is 2.65. The molecule has 0 spiro atoms. The van der Waals surface area contributed by atoms with Gasteiger partial charge in [0.15, 0.2) is 0 Å². The lowest BCUT2D eigenvalue weighted by Crippen LogP contribution is -2.32. The first-order valence-electron chi connectivity index (χ1n) is 4.91. The summed E-state index contributed by atoms with van der Waals surface area (Å²) < 4.78 is 0. The van der Waals surface area contributed by atoms with Crippen LogP contribution in [0.25, 0.3) is 0 Å². The number of hydrogen-bond donors (Lipinski definition) is 2. The van der Waals surface area contributed by atoms with Gasteiger partial charge in [0, 0.05) is 11.4 Å². The predicted molar refractivity (Wildman–Crippen MR) is 61.1 cm³/mol. The van der Waals surface area contributed by atoms with E-state index in [2.05, 4.69) is 15.5 Å². The van der Waals surface area contributed by atoms with E-state index >= 15 is 0 Å². The molecule has 1 rings (SSSR count). The van der Waals surface area contributed by atoms with Crippen LogP contribution in [0.15, 0.2) is 6.20 Å². The Balaban J connectivity index is 2.74. The van der Waals surface area contributed by atoms with E-state index < -0.39 is 5.41 Å². The number of nitrogens with one attached hydrogen (secondary N) is 2. The van der Waals surface area contributed by atoms with Crippen molar-refractivity contribution in [2.45, 2.75) is 27.2 Å². The van der Waals surface area contributed by atoms with E-state index in [9.17, 15) is 4.79 Å². The van der Waals surface area contributed by atoms with Crippen LogP contribution in [-0.4, -0.2) is 22.0 Å². The minimum atomic E-state index is -0.572. The molecule has 84 valence electrons. The van der Waals surface area contributed by atoms with E-state index in [0.717, 1.165) is 12.0 Å². The van der Waals surface area contributed by atoms with Crippen molar-refractivity contribution >= 4 is 23.3 Å². The lowest BCUT2D eigenvalue weighted by atomic mass is 9.95. The third kappa shape index (κ3) is 2.72. The van der Waals surface area contributed by atoms with Gasteiger partial charge in [-0.2, -0.15) is 5.10 Å². The molecule has 0 aliphatic carbocycles. The Labute approximate surface area is 94.4 Å². The average molecular weight is 230 g/mol. The summed E-state index contributed by atoms with van der Waals surface area (Å²) in [4.78, 5) is 11.8. The summed E-state index contributed by atoms with van der Waals surface area (Å²) in [7, 11) is 0. The van der Waals surface area contributed by atoms with Crippen molar-refractivity contribution in [3.05, 3.63) is 11.8 Å². The summed E-state index contributed by atoms with van der Waals surface area (Å²) in [5.74, 6) is 0.853. The van der Waals surface area contributed by atoms with Crippen molar-refractivity contribution in [1.29, 1.82) is 0 Å². The predicted octanol–water partition coefficient (Wildman–Crippen LogP) is 2.18. The Morgan fingerprint density at radius 3 is 2.87 bits per heavy atom. The summed E-state index contributed by atoms with van der Waals surface area (Å²) in [6.07, 6.45) is 2.54. The largest absolute Gasteiger partial charge is 0.310 e. The third-order valence-corrected chi connectivity index (χ3v) is 2.95. The number of aromatic nitrogens is 2. The topological polar surface area (TPSA) is 57.8 Å². The smallest absolute Gasteiger partial charge is 0.232 e. The molecule has 0 saturated carbocycles. The molecule has 0 fully saturated rings. The normalized spacial score (nSPS) is 11.5. The standard InChI is InChI=1S/C10H16ClN3O/c1-4-7-5-12-14-8(7)13-9(15)10(2,3)6-11/h5H,4,6H2,1-3H3,(H2,12,13,14,15). The highest BCUT2D eigenvalue weighted by molar-refractivity contribution is 6.20. The second-order valence-corrected chi connectivity index (χ2v) is 4.36. The molecule has 0 aromatic carbocycles. The van der Waals surface area contributed by atoms with Gasteiger partial charge in [-0.25, -0.2) is 0 Å². The van der Waals surface area contributed by atoms with Crippen LogP contribution in [0.4, 0.5) is 5.82 Å². The van der Waals surface area contributed by atoms with Crippen molar-refractivity contribution in [3.63, 3.8) is 0 Å². The first-order valence-corrected chi connectivity index (χ1v) is 5.44. The molecule has 1 amide bonds. The van der Waals surface area contributed by atoms with Gasteiger partial charge in [0.2, 0.25) is 5.91 Å². The van der Waals surface area contributed by atoms with Gasteiger partial charge in [0.05, 0.1) is 11.6 Å². The van der Waals surface area contributed by atoms with Crippen LogP contribution < -0.4 is 5.32 Å². The maximum Gasteiger partial charge on any atom is 0.232 e. The maximum absolute atomic E-state index is 11.8. The number of rotatable bonds is 4. The molecule has 0 atom stereocenters. The molecule has 0 bridgehead atoms. The fraction of sp³-hybridized carbons (Fsp3) is 0.600. The highest BCUT2D eigenvalue weighted by Crippen LogP contribution is 2.20. The van der Waals surface area contributed by atoms with Crippen molar-refractivity contribution in [2.75, 3.05) is 11.2 Å². The monoisotopic (exact) mass is 229 g/mol. The van der Waals surface area contributed by atoms with Crippen molar-refractivity contribution in [2.24, 2.45) is 5.41 Å². The molecule has 0 aliphatic heterocycles. The molecule has 0 radical (unpaired) electrons. The Bertz CT molecular complexity index is 346. The zero-order chi connectivity index (χ0) is 11.5. The molecule has 2 N–H and O–H groups in total. The quantitative estimate of drug-likeness (QED) is 0.778. The molecule has 15 heavy (non-hydrogen) atoms.